The molecule has 1 aliphatic rings. The number of hydrogen-bond acceptors (Lipinski definition) is 2. The number of aliphatic carboxylic acids is 1. The van der Waals surface area contributed by atoms with E-state index in [9.17, 15) is 4.79 Å². The molecule has 0 heterocycles. The first kappa shape index (κ1) is 14.5. The summed E-state index contributed by atoms with van der Waals surface area (Å²) >= 11 is 0. The third-order valence-electron chi connectivity index (χ3n) is 3.85. The quantitative estimate of drug-likeness (QED) is 0.822. The zero-order valence-corrected chi connectivity index (χ0v) is 11.7. The van der Waals surface area contributed by atoms with Crippen LogP contribution < -0.4 is 0 Å². The van der Waals surface area contributed by atoms with E-state index >= 15 is 0 Å². The molecule has 0 aromatic carbocycles. The third-order valence-corrected chi connectivity index (χ3v) is 3.85. The Morgan fingerprint density at radius 1 is 1.24 bits per heavy atom. The molecule has 1 fully saturated rings. The van der Waals surface area contributed by atoms with Crippen molar-refractivity contribution in [2.45, 2.75) is 71.4 Å². The molecule has 17 heavy (non-hydrogen) atoms. The van der Waals surface area contributed by atoms with Crippen LogP contribution in [0.25, 0.3) is 0 Å². The van der Waals surface area contributed by atoms with Crippen molar-refractivity contribution in [3.8, 4) is 0 Å². The molecule has 1 aliphatic carbocycles. The topological polar surface area (TPSA) is 40.5 Å². The Hall–Kier alpha value is -0.570. The van der Waals surface area contributed by atoms with E-state index in [-0.39, 0.29) is 12.0 Å². The lowest BCUT2D eigenvalue weighted by Gasteiger charge is -2.44. The smallest absolute Gasteiger partial charge is 0.304 e. The van der Waals surface area contributed by atoms with Crippen LogP contribution in [0.5, 0.6) is 0 Å². The lowest BCUT2D eigenvalue weighted by Crippen LogP contribution is -2.50. The van der Waals surface area contributed by atoms with Gasteiger partial charge in [-0.2, -0.15) is 0 Å². The summed E-state index contributed by atoms with van der Waals surface area (Å²) in [6, 6.07) is 0.575. The molecule has 0 aliphatic heterocycles. The van der Waals surface area contributed by atoms with Crippen LogP contribution in [0, 0.1) is 5.92 Å². The fraction of sp³-hybridized carbons (Fsp3) is 0.929. The average Bonchev–Trinajstić information content (AvgIpc) is 2.18. The van der Waals surface area contributed by atoms with E-state index < -0.39 is 5.97 Å². The van der Waals surface area contributed by atoms with Gasteiger partial charge in [0, 0.05) is 18.1 Å². The highest BCUT2D eigenvalue weighted by Gasteiger charge is 2.31. The van der Waals surface area contributed by atoms with Crippen LogP contribution in [-0.2, 0) is 4.79 Å². The maximum absolute atomic E-state index is 10.7. The van der Waals surface area contributed by atoms with Crippen LogP contribution in [0.1, 0.15) is 59.8 Å². The minimum absolute atomic E-state index is 0.0701. The summed E-state index contributed by atoms with van der Waals surface area (Å²) in [6.07, 6.45) is 5.26. The Morgan fingerprint density at radius 2 is 1.76 bits per heavy atom. The van der Waals surface area contributed by atoms with Gasteiger partial charge in [-0.05, 0) is 52.4 Å². The van der Waals surface area contributed by atoms with Crippen molar-refractivity contribution in [2.24, 2.45) is 5.92 Å². The molecular weight excluding hydrogens is 214 g/mol. The standard InChI is InChI=1S/C14H27NO2/c1-11-5-7-12(8-6-11)15(14(2,3)4)10-9-13(16)17/h11-12H,5-10H2,1-4H3,(H,16,17). The number of hydrogen-bond donors (Lipinski definition) is 1. The normalized spacial score (nSPS) is 26.2. The number of rotatable bonds is 4. The van der Waals surface area contributed by atoms with Crippen LogP contribution >= 0.6 is 0 Å². The van der Waals surface area contributed by atoms with Crippen molar-refractivity contribution in [2.75, 3.05) is 6.54 Å². The Balaban J connectivity index is 2.60. The van der Waals surface area contributed by atoms with Crippen molar-refractivity contribution in [1.82, 2.24) is 4.90 Å². The molecule has 3 nitrogen and oxygen atoms in total. The summed E-state index contributed by atoms with van der Waals surface area (Å²) in [4.78, 5) is 13.1. The summed E-state index contributed by atoms with van der Waals surface area (Å²) in [7, 11) is 0. The molecule has 0 spiro atoms. The second-order valence-corrected chi connectivity index (χ2v) is 6.42. The minimum atomic E-state index is -0.691. The van der Waals surface area contributed by atoms with Gasteiger partial charge in [0.1, 0.15) is 0 Å². The van der Waals surface area contributed by atoms with Crippen molar-refractivity contribution in [1.29, 1.82) is 0 Å². The molecule has 0 unspecified atom stereocenters. The molecular formula is C14H27NO2. The molecule has 3 heteroatoms. The van der Waals surface area contributed by atoms with Gasteiger partial charge >= 0.3 is 5.97 Å². The van der Waals surface area contributed by atoms with Crippen LogP contribution in [0.15, 0.2) is 0 Å². The summed E-state index contributed by atoms with van der Waals surface area (Å²) in [5, 5.41) is 8.84. The van der Waals surface area contributed by atoms with Gasteiger partial charge in [0.15, 0.2) is 0 Å². The zero-order chi connectivity index (χ0) is 13.1. The number of carboxylic acid groups (broad SMARTS) is 1. The molecule has 0 atom stereocenters. The molecule has 1 rings (SSSR count). The first-order valence-electron chi connectivity index (χ1n) is 6.79. The highest BCUT2D eigenvalue weighted by Crippen LogP contribution is 2.31. The predicted octanol–water partition coefficient (Wildman–Crippen LogP) is 3.14. The summed E-state index contributed by atoms with van der Waals surface area (Å²) in [6.45, 7) is 9.55. The SMILES string of the molecule is CC1CCC(N(CCC(=O)O)C(C)(C)C)CC1. The monoisotopic (exact) mass is 241 g/mol. The average molecular weight is 241 g/mol. The second kappa shape index (κ2) is 5.85. The first-order chi connectivity index (χ1) is 7.80. The van der Waals surface area contributed by atoms with Gasteiger partial charge in [-0.15, -0.1) is 0 Å². The van der Waals surface area contributed by atoms with Crippen LogP contribution in [0.3, 0.4) is 0 Å². The van der Waals surface area contributed by atoms with Gasteiger partial charge in [-0.3, -0.25) is 9.69 Å². The number of carbonyl (C=O) groups is 1. The van der Waals surface area contributed by atoms with Crippen molar-refractivity contribution in [3.63, 3.8) is 0 Å². The van der Waals surface area contributed by atoms with E-state index in [0.29, 0.717) is 12.6 Å². The molecule has 0 saturated heterocycles. The van der Waals surface area contributed by atoms with E-state index in [0.717, 1.165) is 5.92 Å². The Kier molecular flexibility index (Phi) is 4.99. The van der Waals surface area contributed by atoms with E-state index in [2.05, 4.69) is 32.6 Å². The first-order valence-corrected chi connectivity index (χ1v) is 6.79. The lowest BCUT2D eigenvalue weighted by molar-refractivity contribution is -0.137. The maximum Gasteiger partial charge on any atom is 0.304 e. The van der Waals surface area contributed by atoms with E-state index in [1.807, 2.05) is 0 Å². The fourth-order valence-corrected chi connectivity index (χ4v) is 2.84. The Morgan fingerprint density at radius 3 is 2.18 bits per heavy atom. The fourth-order valence-electron chi connectivity index (χ4n) is 2.84. The molecule has 0 radical (unpaired) electrons. The highest BCUT2D eigenvalue weighted by atomic mass is 16.4. The summed E-state index contributed by atoms with van der Waals surface area (Å²) in [5.41, 5.74) is 0.0701. The minimum Gasteiger partial charge on any atom is -0.481 e. The molecule has 0 amide bonds. The van der Waals surface area contributed by atoms with Crippen LogP contribution in [0.2, 0.25) is 0 Å². The number of carboxylic acids is 1. The van der Waals surface area contributed by atoms with E-state index in [1.165, 1.54) is 25.7 Å². The van der Waals surface area contributed by atoms with E-state index in [1.54, 1.807) is 0 Å². The molecule has 1 saturated carbocycles. The van der Waals surface area contributed by atoms with Gasteiger partial charge in [0.05, 0.1) is 6.42 Å². The second-order valence-electron chi connectivity index (χ2n) is 6.42. The molecule has 0 aromatic rings. The van der Waals surface area contributed by atoms with Gasteiger partial charge < -0.3 is 5.11 Å². The number of nitrogens with zero attached hydrogens (tertiary/aromatic N) is 1. The summed E-state index contributed by atoms with van der Waals surface area (Å²) in [5.74, 6) is 0.149. The van der Waals surface area contributed by atoms with Gasteiger partial charge in [0.25, 0.3) is 0 Å². The van der Waals surface area contributed by atoms with Crippen LogP contribution in [-0.4, -0.2) is 34.1 Å². The predicted molar refractivity (Wildman–Crippen MR) is 70.1 cm³/mol. The largest absolute Gasteiger partial charge is 0.481 e. The van der Waals surface area contributed by atoms with Crippen molar-refractivity contribution in [3.05, 3.63) is 0 Å². The van der Waals surface area contributed by atoms with Gasteiger partial charge in [-0.1, -0.05) is 6.92 Å². The molecule has 1 N–H and O–H groups in total. The van der Waals surface area contributed by atoms with Gasteiger partial charge in [0.2, 0.25) is 0 Å². The molecule has 0 aromatic heterocycles. The highest BCUT2D eigenvalue weighted by molar-refractivity contribution is 5.66. The van der Waals surface area contributed by atoms with Crippen molar-refractivity contribution >= 4 is 5.97 Å². The molecule has 0 bridgehead atoms. The Bertz CT molecular complexity index is 249. The third kappa shape index (κ3) is 4.66. The van der Waals surface area contributed by atoms with Gasteiger partial charge in [-0.25, -0.2) is 0 Å². The maximum atomic E-state index is 10.7. The summed E-state index contributed by atoms with van der Waals surface area (Å²) < 4.78 is 0. The van der Waals surface area contributed by atoms with Crippen LogP contribution in [0.4, 0.5) is 0 Å². The van der Waals surface area contributed by atoms with Crippen molar-refractivity contribution < 1.29 is 9.90 Å². The van der Waals surface area contributed by atoms with E-state index in [4.69, 9.17) is 5.11 Å². The Labute approximate surface area is 105 Å². The lowest BCUT2D eigenvalue weighted by atomic mass is 9.85. The zero-order valence-electron chi connectivity index (χ0n) is 11.7. The molecule has 100 valence electrons.